The topological polar surface area (TPSA) is 131 Å². The predicted molar refractivity (Wildman–Crippen MR) is 75.3 cm³/mol. The first-order valence-corrected chi connectivity index (χ1v) is 12.1. The van der Waals surface area contributed by atoms with E-state index in [1.807, 2.05) is 4.72 Å². The van der Waals surface area contributed by atoms with Crippen molar-refractivity contribution in [3.8, 4) is 0 Å². The van der Waals surface area contributed by atoms with Gasteiger partial charge in [-0.25, -0.2) is 9.52 Å². The average Bonchev–Trinajstić information content (AvgIpc) is 2.21. The molecule has 9 nitrogen and oxygen atoms in total. The lowest BCUT2D eigenvalue weighted by molar-refractivity contribution is 0.158. The SMILES string of the molecule is C[Si](C)(C)CCOC(=O)NS(=O)(=O)NCCO[P+](=O)O. The van der Waals surface area contributed by atoms with Crippen molar-refractivity contribution in [3.05, 3.63) is 0 Å². The highest BCUT2D eigenvalue weighted by Gasteiger charge is 2.18. The number of carbonyl (C=O) groups excluding carboxylic acids is 1. The molecule has 20 heavy (non-hydrogen) atoms. The van der Waals surface area contributed by atoms with E-state index >= 15 is 0 Å². The van der Waals surface area contributed by atoms with Crippen LogP contribution in [0.5, 0.6) is 0 Å². The van der Waals surface area contributed by atoms with Gasteiger partial charge >= 0.3 is 24.6 Å². The summed E-state index contributed by atoms with van der Waals surface area (Å²) in [6.07, 6.45) is -1.06. The molecule has 0 aliphatic rings. The van der Waals surface area contributed by atoms with Crippen LogP contribution in [0.1, 0.15) is 0 Å². The van der Waals surface area contributed by atoms with Crippen LogP contribution >= 0.6 is 8.25 Å². The summed E-state index contributed by atoms with van der Waals surface area (Å²) < 4.78 is 45.4. The Morgan fingerprint density at radius 3 is 2.40 bits per heavy atom. The molecule has 1 unspecified atom stereocenters. The fourth-order valence-corrected chi connectivity index (χ4v) is 2.59. The van der Waals surface area contributed by atoms with Crippen LogP contribution in [-0.2, 0) is 24.0 Å². The minimum Gasteiger partial charge on any atom is -0.449 e. The monoisotopic (exact) mass is 347 g/mol. The van der Waals surface area contributed by atoms with Crippen molar-refractivity contribution in [2.45, 2.75) is 25.7 Å². The number of hydrogen-bond acceptors (Lipinski definition) is 6. The van der Waals surface area contributed by atoms with Crippen molar-refractivity contribution in [2.75, 3.05) is 19.8 Å². The second-order valence-electron chi connectivity index (χ2n) is 5.02. The van der Waals surface area contributed by atoms with Crippen LogP contribution in [0.15, 0.2) is 0 Å². The van der Waals surface area contributed by atoms with Crippen LogP contribution < -0.4 is 9.44 Å². The van der Waals surface area contributed by atoms with Gasteiger partial charge in [0.25, 0.3) is 0 Å². The van der Waals surface area contributed by atoms with Gasteiger partial charge in [-0.3, -0.25) is 0 Å². The zero-order chi connectivity index (χ0) is 15.8. The minimum absolute atomic E-state index is 0.158. The van der Waals surface area contributed by atoms with E-state index < -0.39 is 32.6 Å². The number of carbonyl (C=O) groups is 1. The van der Waals surface area contributed by atoms with E-state index in [1.165, 1.54) is 0 Å². The van der Waals surface area contributed by atoms with E-state index in [4.69, 9.17) is 9.63 Å². The summed E-state index contributed by atoms with van der Waals surface area (Å²) in [6.45, 7) is 5.90. The van der Waals surface area contributed by atoms with Crippen molar-refractivity contribution < 1.29 is 31.9 Å². The van der Waals surface area contributed by atoms with Crippen molar-refractivity contribution >= 4 is 32.6 Å². The molecule has 0 aromatic heterocycles. The van der Waals surface area contributed by atoms with Gasteiger partial charge in [0.1, 0.15) is 6.61 Å². The zero-order valence-corrected chi connectivity index (χ0v) is 14.3. The van der Waals surface area contributed by atoms with Crippen molar-refractivity contribution in [3.63, 3.8) is 0 Å². The Morgan fingerprint density at radius 2 is 1.90 bits per heavy atom. The molecule has 3 N–H and O–H groups in total. The molecule has 118 valence electrons. The summed E-state index contributed by atoms with van der Waals surface area (Å²) in [4.78, 5) is 19.5. The molecule has 0 saturated heterocycles. The molecule has 0 spiro atoms. The quantitative estimate of drug-likeness (QED) is 0.315. The summed E-state index contributed by atoms with van der Waals surface area (Å²) in [5.74, 6) is 0. The Morgan fingerprint density at radius 1 is 1.30 bits per heavy atom. The maximum atomic E-state index is 11.3. The molecule has 1 amide bonds. The summed E-state index contributed by atoms with van der Waals surface area (Å²) in [5, 5.41) is 0. The molecule has 0 bridgehead atoms. The summed E-state index contributed by atoms with van der Waals surface area (Å²) in [6, 6.07) is 0.727. The number of amides is 1. The molecule has 0 aromatic rings. The molecule has 0 saturated carbocycles. The normalized spacial score (nSPS) is 12.9. The molecule has 0 rings (SSSR count). The molecule has 1 atom stereocenters. The van der Waals surface area contributed by atoms with E-state index in [9.17, 15) is 17.8 Å². The number of nitrogens with one attached hydrogen (secondary N) is 2. The average molecular weight is 347 g/mol. The van der Waals surface area contributed by atoms with Crippen LogP contribution in [0.3, 0.4) is 0 Å². The fourth-order valence-electron chi connectivity index (χ4n) is 0.925. The van der Waals surface area contributed by atoms with Crippen molar-refractivity contribution in [1.29, 1.82) is 0 Å². The number of rotatable bonds is 9. The largest absolute Gasteiger partial charge is 0.694 e. The number of ether oxygens (including phenoxy) is 1. The second kappa shape index (κ2) is 8.65. The molecule has 12 heteroatoms. The first-order valence-electron chi connectivity index (χ1n) is 5.75. The lowest BCUT2D eigenvalue weighted by Crippen LogP contribution is -2.42. The molecule has 0 heterocycles. The van der Waals surface area contributed by atoms with Crippen molar-refractivity contribution in [2.24, 2.45) is 0 Å². The standard InChI is InChI=1S/C8H19N2O7PSSi/c1-20(2,3)7-6-16-8(11)10-19(14,15)9-4-5-17-18(12)13/h9H,4-7H2,1-3H3,(H-,10,11,12,13)/p+1. The van der Waals surface area contributed by atoms with Crippen LogP contribution in [0.25, 0.3) is 0 Å². The third kappa shape index (κ3) is 12.5. The van der Waals surface area contributed by atoms with E-state index in [0.717, 1.165) is 6.04 Å². The van der Waals surface area contributed by atoms with E-state index in [0.29, 0.717) is 0 Å². The Labute approximate surface area is 120 Å². The molecular formula is C8H20N2O7PSSi+. The Hall–Kier alpha value is -0.583. The van der Waals surface area contributed by atoms with Crippen LogP contribution in [0.2, 0.25) is 25.7 Å². The Balaban J connectivity index is 3.95. The van der Waals surface area contributed by atoms with E-state index in [1.54, 1.807) is 4.72 Å². The summed E-state index contributed by atoms with van der Waals surface area (Å²) >= 11 is 0. The zero-order valence-electron chi connectivity index (χ0n) is 11.6. The van der Waals surface area contributed by atoms with Gasteiger partial charge in [0.2, 0.25) is 0 Å². The highest BCUT2D eigenvalue weighted by Crippen LogP contribution is 2.12. The molecule has 0 fully saturated rings. The maximum Gasteiger partial charge on any atom is 0.694 e. The highest BCUT2D eigenvalue weighted by atomic mass is 32.2. The number of hydrogen-bond donors (Lipinski definition) is 3. The van der Waals surface area contributed by atoms with Crippen LogP contribution in [-0.4, -0.2) is 47.2 Å². The highest BCUT2D eigenvalue weighted by molar-refractivity contribution is 7.88. The lowest BCUT2D eigenvalue weighted by atomic mass is 10.8. The maximum absolute atomic E-state index is 11.3. The lowest BCUT2D eigenvalue weighted by Gasteiger charge is -2.15. The Kier molecular flexibility index (Phi) is 8.40. The third-order valence-corrected chi connectivity index (χ3v) is 5.03. The summed E-state index contributed by atoms with van der Waals surface area (Å²) in [5.41, 5.74) is 0. The molecule has 0 radical (unpaired) electrons. The van der Waals surface area contributed by atoms with Gasteiger partial charge in [-0.1, -0.05) is 19.6 Å². The van der Waals surface area contributed by atoms with Gasteiger partial charge < -0.3 is 4.74 Å². The van der Waals surface area contributed by atoms with E-state index in [2.05, 4.69) is 24.2 Å². The van der Waals surface area contributed by atoms with Gasteiger partial charge in [-0.15, -0.1) is 9.42 Å². The first kappa shape index (κ1) is 19.4. The van der Waals surface area contributed by atoms with Gasteiger partial charge in [0, 0.05) is 19.2 Å². The van der Waals surface area contributed by atoms with Gasteiger partial charge in [-0.05, 0) is 6.04 Å². The van der Waals surface area contributed by atoms with E-state index in [-0.39, 0.29) is 19.8 Å². The Bertz CT molecular complexity index is 437. The van der Waals surface area contributed by atoms with Crippen LogP contribution in [0, 0.1) is 0 Å². The summed E-state index contributed by atoms with van der Waals surface area (Å²) in [7, 11) is -8.20. The third-order valence-electron chi connectivity index (χ3n) is 1.90. The molecule has 0 aliphatic carbocycles. The molecular weight excluding hydrogens is 327 g/mol. The molecule has 0 aromatic carbocycles. The van der Waals surface area contributed by atoms with Gasteiger partial charge in [-0.2, -0.15) is 13.1 Å². The van der Waals surface area contributed by atoms with Crippen molar-refractivity contribution in [1.82, 2.24) is 9.44 Å². The minimum atomic E-state index is -4.06. The predicted octanol–water partition coefficient (Wildman–Crippen LogP) is 0.551. The molecule has 0 aliphatic heterocycles. The van der Waals surface area contributed by atoms with Gasteiger partial charge in [0.05, 0.1) is 6.61 Å². The second-order valence-corrected chi connectivity index (χ2v) is 12.9. The fraction of sp³-hybridized carbons (Fsp3) is 0.875. The smallest absolute Gasteiger partial charge is 0.449 e. The van der Waals surface area contributed by atoms with Crippen LogP contribution in [0.4, 0.5) is 4.79 Å². The van der Waals surface area contributed by atoms with Gasteiger partial charge in [0.15, 0.2) is 0 Å². The first-order chi connectivity index (χ1) is 9.02.